The van der Waals surface area contributed by atoms with Crippen LogP contribution in [-0.4, -0.2) is 47.9 Å². The Labute approximate surface area is 194 Å². The molecule has 1 aliphatic rings. The van der Waals surface area contributed by atoms with Crippen LogP contribution in [0.25, 0.3) is 0 Å². The molecule has 3 rings (SSSR count). The first-order chi connectivity index (χ1) is 15.8. The summed E-state index contributed by atoms with van der Waals surface area (Å²) in [5.41, 5.74) is 3.02. The van der Waals surface area contributed by atoms with E-state index in [1.807, 2.05) is 54.6 Å². The normalized spacial score (nSPS) is 18.8. The predicted molar refractivity (Wildman–Crippen MR) is 125 cm³/mol. The van der Waals surface area contributed by atoms with Crippen molar-refractivity contribution in [3.05, 3.63) is 71.3 Å². The molecule has 3 atom stereocenters. The largest absolute Gasteiger partial charge is 0.356 e. The lowest BCUT2D eigenvalue weighted by Crippen LogP contribution is -2.47. The Balaban J connectivity index is 1.79. The standard InChI is InChI=1S/C26H32FN3O3/c1-17(2)19-9-11-21(12-10-19)25(20-7-5-4-6-8-20)29-26(33)23-15-22(27)16-30(23)24(32)13-14-28-18(3)31/h4-12,17,22-23,25H,13-16H2,1-3H3,(H,28,31)(H,29,33). The van der Waals surface area contributed by atoms with Crippen molar-refractivity contribution in [1.82, 2.24) is 15.5 Å². The van der Waals surface area contributed by atoms with Crippen molar-refractivity contribution in [3.8, 4) is 0 Å². The number of likely N-dealkylation sites (tertiary alicyclic amines) is 1. The Bertz CT molecular complexity index is 963. The molecule has 0 bridgehead atoms. The van der Waals surface area contributed by atoms with Gasteiger partial charge in [0.05, 0.1) is 12.6 Å². The van der Waals surface area contributed by atoms with Gasteiger partial charge in [-0.1, -0.05) is 68.4 Å². The third-order valence-electron chi connectivity index (χ3n) is 5.94. The molecule has 2 aromatic carbocycles. The molecule has 2 aromatic rings. The highest BCUT2D eigenvalue weighted by atomic mass is 19.1. The summed E-state index contributed by atoms with van der Waals surface area (Å²) in [4.78, 5) is 38.3. The Kier molecular flexibility index (Phi) is 8.20. The fraction of sp³-hybridized carbons (Fsp3) is 0.423. The zero-order valence-corrected chi connectivity index (χ0v) is 19.4. The lowest BCUT2D eigenvalue weighted by molar-refractivity contribution is -0.138. The molecule has 176 valence electrons. The van der Waals surface area contributed by atoms with Gasteiger partial charge in [-0.25, -0.2) is 4.39 Å². The fourth-order valence-electron chi connectivity index (χ4n) is 4.11. The number of benzene rings is 2. The quantitative estimate of drug-likeness (QED) is 0.642. The molecule has 1 aliphatic heterocycles. The highest BCUT2D eigenvalue weighted by Gasteiger charge is 2.40. The molecule has 3 amide bonds. The molecule has 1 saturated heterocycles. The molecule has 0 saturated carbocycles. The fourth-order valence-corrected chi connectivity index (χ4v) is 4.11. The molecule has 1 fully saturated rings. The third-order valence-corrected chi connectivity index (χ3v) is 5.94. The average Bonchev–Trinajstić information content (AvgIpc) is 3.19. The van der Waals surface area contributed by atoms with Gasteiger partial charge in [0, 0.05) is 26.3 Å². The second-order valence-corrected chi connectivity index (χ2v) is 8.80. The maximum atomic E-state index is 14.3. The van der Waals surface area contributed by atoms with E-state index in [9.17, 15) is 18.8 Å². The van der Waals surface area contributed by atoms with Gasteiger partial charge in [-0.15, -0.1) is 0 Å². The molecule has 7 heteroatoms. The summed E-state index contributed by atoms with van der Waals surface area (Å²) in [5.74, 6) is -0.580. The number of carbonyl (C=O) groups is 3. The number of hydrogen-bond donors (Lipinski definition) is 2. The van der Waals surface area contributed by atoms with Crippen molar-refractivity contribution < 1.29 is 18.8 Å². The van der Waals surface area contributed by atoms with E-state index >= 15 is 0 Å². The van der Waals surface area contributed by atoms with Crippen molar-refractivity contribution in [2.45, 2.75) is 57.8 Å². The van der Waals surface area contributed by atoms with E-state index in [1.165, 1.54) is 17.4 Å². The molecule has 3 unspecified atom stereocenters. The summed E-state index contributed by atoms with van der Waals surface area (Å²) in [6, 6.07) is 16.4. The zero-order valence-electron chi connectivity index (χ0n) is 19.4. The minimum atomic E-state index is -1.26. The van der Waals surface area contributed by atoms with Crippen LogP contribution in [0.15, 0.2) is 54.6 Å². The van der Waals surface area contributed by atoms with Gasteiger partial charge in [-0.05, 0) is 22.6 Å². The molecule has 0 radical (unpaired) electrons. The van der Waals surface area contributed by atoms with Crippen LogP contribution in [-0.2, 0) is 14.4 Å². The van der Waals surface area contributed by atoms with Crippen molar-refractivity contribution in [2.75, 3.05) is 13.1 Å². The van der Waals surface area contributed by atoms with E-state index in [2.05, 4.69) is 24.5 Å². The lowest BCUT2D eigenvalue weighted by Gasteiger charge is -2.27. The minimum absolute atomic E-state index is 0.0227. The Morgan fingerprint density at radius 3 is 2.21 bits per heavy atom. The van der Waals surface area contributed by atoms with Gasteiger partial charge in [0.2, 0.25) is 17.7 Å². The number of nitrogens with zero attached hydrogens (tertiary/aromatic N) is 1. The van der Waals surface area contributed by atoms with E-state index in [0.717, 1.165) is 11.1 Å². The second kappa shape index (κ2) is 11.1. The molecule has 2 N–H and O–H groups in total. The molecular formula is C26H32FN3O3. The van der Waals surface area contributed by atoms with Gasteiger partial charge in [0.1, 0.15) is 12.2 Å². The first-order valence-electron chi connectivity index (χ1n) is 11.4. The lowest BCUT2D eigenvalue weighted by atomic mass is 9.95. The van der Waals surface area contributed by atoms with Crippen LogP contribution < -0.4 is 10.6 Å². The SMILES string of the molecule is CC(=O)NCCC(=O)N1CC(F)CC1C(=O)NC(c1ccccc1)c1ccc(C(C)C)cc1. The van der Waals surface area contributed by atoms with Crippen molar-refractivity contribution in [3.63, 3.8) is 0 Å². The van der Waals surface area contributed by atoms with Crippen LogP contribution in [0.4, 0.5) is 4.39 Å². The Morgan fingerprint density at radius 2 is 1.61 bits per heavy atom. The first kappa shape index (κ1) is 24.4. The summed E-state index contributed by atoms with van der Waals surface area (Å²) in [5, 5.41) is 5.61. The van der Waals surface area contributed by atoms with Gasteiger partial charge >= 0.3 is 0 Å². The average molecular weight is 454 g/mol. The first-order valence-corrected chi connectivity index (χ1v) is 11.4. The van der Waals surface area contributed by atoms with Gasteiger partial charge in [0.15, 0.2) is 0 Å². The van der Waals surface area contributed by atoms with E-state index in [4.69, 9.17) is 0 Å². The monoisotopic (exact) mass is 453 g/mol. The summed E-state index contributed by atoms with van der Waals surface area (Å²) in [7, 11) is 0. The predicted octanol–water partition coefficient (Wildman–Crippen LogP) is 3.48. The van der Waals surface area contributed by atoms with Crippen LogP contribution in [0.2, 0.25) is 0 Å². The van der Waals surface area contributed by atoms with Crippen molar-refractivity contribution in [1.29, 1.82) is 0 Å². The third kappa shape index (κ3) is 6.40. The number of hydrogen-bond acceptors (Lipinski definition) is 3. The summed E-state index contributed by atoms with van der Waals surface area (Å²) in [6.07, 6.45) is -1.27. The van der Waals surface area contributed by atoms with Crippen molar-refractivity contribution in [2.24, 2.45) is 0 Å². The molecular weight excluding hydrogens is 421 g/mol. The highest BCUT2D eigenvalue weighted by molar-refractivity contribution is 5.89. The Morgan fingerprint density at radius 1 is 1.00 bits per heavy atom. The number of rotatable bonds is 8. The number of nitrogens with one attached hydrogen (secondary N) is 2. The van der Waals surface area contributed by atoms with E-state index < -0.39 is 18.3 Å². The maximum Gasteiger partial charge on any atom is 0.243 e. The molecule has 6 nitrogen and oxygen atoms in total. The smallest absolute Gasteiger partial charge is 0.243 e. The molecule has 1 heterocycles. The van der Waals surface area contributed by atoms with E-state index in [1.54, 1.807) is 0 Å². The highest BCUT2D eigenvalue weighted by Crippen LogP contribution is 2.27. The number of carbonyl (C=O) groups excluding carboxylic acids is 3. The number of halogens is 1. The summed E-state index contributed by atoms with van der Waals surface area (Å²) < 4.78 is 14.3. The van der Waals surface area contributed by atoms with Gasteiger partial charge in [-0.3, -0.25) is 14.4 Å². The van der Waals surface area contributed by atoms with E-state index in [-0.39, 0.29) is 43.7 Å². The van der Waals surface area contributed by atoms with Crippen LogP contribution >= 0.6 is 0 Å². The second-order valence-electron chi connectivity index (χ2n) is 8.80. The van der Waals surface area contributed by atoms with Gasteiger partial charge < -0.3 is 15.5 Å². The van der Waals surface area contributed by atoms with Gasteiger partial charge in [-0.2, -0.15) is 0 Å². The molecule has 0 aliphatic carbocycles. The maximum absolute atomic E-state index is 14.3. The van der Waals surface area contributed by atoms with Crippen LogP contribution in [0.1, 0.15) is 62.3 Å². The molecule has 0 spiro atoms. The number of alkyl halides is 1. The van der Waals surface area contributed by atoms with E-state index in [0.29, 0.717) is 5.92 Å². The summed E-state index contributed by atoms with van der Waals surface area (Å²) >= 11 is 0. The molecule has 33 heavy (non-hydrogen) atoms. The summed E-state index contributed by atoms with van der Waals surface area (Å²) in [6.45, 7) is 5.65. The molecule has 0 aromatic heterocycles. The van der Waals surface area contributed by atoms with Crippen LogP contribution in [0, 0.1) is 0 Å². The van der Waals surface area contributed by atoms with Crippen LogP contribution in [0.3, 0.4) is 0 Å². The zero-order chi connectivity index (χ0) is 24.0. The van der Waals surface area contributed by atoms with Gasteiger partial charge in [0.25, 0.3) is 0 Å². The minimum Gasteiger partial charge on any atom is -0.356 e. The van der Waals surface area contributed by atoms with Crippen LogP contribution in [0.5, 0.6) is 0 Å². The number of amides is 3. The topological polar surface area (TPSA) is 78.5 Å². The Hall–Kier alpha value is -3.22. The van der Waals surface area contributed by atoms with Crippen molar-refractivity contribution >= 4 is 17.7 Å².